The maximum atomic E-state index is 11.6. The fourth-order valence-electron chi connectivity index (χ4n) is 2.00. The van der Waals surface area contributed by atoms with E-state index >= 15 is 0 Å². The average molecular weight is 224 g/mol. The lowest BCUT2D eigenvalue weighted by molar-refractivity contribution is 0.686. The molecule has 0 fully saturated rings. The largest absolute Gasteiger partial charge is 0.302 e. The first kappa shape index (κ1) is 13.1. The van der Waals surface area contributed by atoms with Crippen molar-refractivity contribution in [3.8, 4) is 0 Å². The van der Waals surface area contributed by atoms with Crippen LogP contribution in [0.5, 0.6) is 0 Å². The highest BCUT2D eigenvalue weighted by atomic mass is 16.1. The van der Waals surface area contributed by atoms with Gasteiger partial charge in [0.05, 0.1) is 0 Å². The van der Waals surface area contributed by atoms with Crippen LogP contribution in [-0.2, 0) is 12.8 Å². The minimum atomic E-state index is 0.0857. The molecule has 0 bridgehead atoms. The monoisotopic (exact) mass is 224 g/mol. The van der Waals surface area contributed by atoms with E-state index < -0.39 is 0 Å². The second kappa shape index (κ2) is 7.31. The number of aromatic amines is 2. The van der Waals surface area contributed by atoms with Crippen LogP contribution in [-0.4, -0.2) is 10.2 Å². The number of aromatic nitrogens is 2. The van der Waals surface area contributed by atoms with Crippen molar-refractivity contribution in [2.75, 3.05) is 0 Å². The molecule has 0 saturated heterocycles. The highest BCUT2D eigenvalue weighted by molar-refractivity contribution is 5.16. The fourth-order valence-corrected chi connectivity index (χ4v) is 2.00. The zero-order valence-electron chi connectivity index (χ0n) is 10.6. The molecule has 0 atom stereocenters. The molecule has 92 valence electrons. The van der Waals surface area contributed by atoms with E-state index in [1.165, 1.54) is 32.1 Å². The Morgan fingerprint density at radius 1 is 0.875 bits per heavy atom. The number of nitrogens with one attached hydrogen (secondary N) is 2. The molecule has 0 radical (unpaired) electrons. The van der Waals surface area contributed by atoms with Crippen molar-refractivity contribution in [3.05, 3.63) is 21.6 Å². The smallest absolute Gasteiger partial charge is 0.267 e. The lowest BCUT2D eigenvalue weighted by atomic mass is 10.0. The molecule has 16 heavy (non-hydrogen) atoms. The summed E-state index contributed by atoms with van der Waals surface area (Å²) < 4.78 is 0. The molecular weight excluding hydrogens is 200 g/mol. The molecule has 1 aromatic rings. The number of rotatable bonds is 8. The summed E-state index contributed by atoms with van der Waals surface area (Å²) in [5.74, 6) is 0. The van der Waals surface area contributed by atoms with Crippen molar-refractivity contribution in [2.24, 2.45) is 0 Å². The van der Waals surface area contributed by atoms with Crippen LogP contribution < -0.4 is 5.56 Å². The maximum Gasteiger partial charge on any atom is 0.267 e. The summed E-state index contributed by atoms with van der Waals surface area (Å²) in [6.07, 6.45) is 9.10. The SMILES string of the molecule is CCCCCc1[nH][nH]c(=O)c1CCCCC. The molecule has 0 unspecified atom stereocenters. The normalized spacial score (nSPS) is 10.9. The molecule has 0 aromatic carbocycles. The third kappa shape index (κ3) is 3.87. The predicted octanol–water partition coefficient (Wildman–Crippen LogP) is 3.17. The molecule has 0 aliphatic rings. The molecular formula is C13H24N2O. The van der Waals surface area contributed by atoms with Crippen LogP contribution in [0.15, 0.2) is 4.79 Å². The minimum absolute atomic E-state index is 0.0857. The van der Waals surface area contributed by atoms with Crippen molar-refractivity contribution >= 4 is 0 Å². The fraction of sp³-hybridized carbons (Fsp3) is 0.769. The first-order valence-corrected chi connectivity index (χ1v) is 6.58. The van der Waals surface area contributed by atoms with E-state index in [1.54, 1.807) is 0 Å². The molecule has 0 saturated carbocycles. The number of aryl methyl sites for hydroxylation is 1. The summed E-state index contributed by atoms with van der Waals surface area (Å²) in [5, 5.41) is 5.73. The van der Waals surface area contributed by atoms with Crippen molar-refractivity contribution in [3.63, 3.8) is 0 Å². The van der Waals surface area contributed by atoms with E-state index in [0.717, 1.165) is 30.5 Å². The van der Waals surface area contributed by atoms with E-state index in [0.29, 0.717) is 0 Å². The number of unbranched alkanes of at least 4 members (excludes halogenated alkanes) is 4. The van der Waals surface area contributed by atoms with E-state index in [1.807, 2.05) is 0 Å². The van der Waals surface area contributed by atoms with E-state index in [-0.39, 0.29) is 5.56 Å². The van der Waals surface area contributed by atoms with E-state index in [9.17, 15) is 4.79 Å². The van der Waals surface area contributed by atoms with Gasteiger partial charge in [0.2, 0.25) is 0 Å². The Hall–Kier alpha value is -0.990. The maximum absolute atomic E-state index is 11.6. The van der Waals surface area contributed by atoms with Gasteiger partial charge < -0.3 is 5.10 Å². The van der Waals surface area contributed by atoms with Crippen LogP contribution in [0.4, 0.5) is 0 Å². The van der Waals surface area contributed by atoms with Crippen LogP contribution in [0.25, 0.3) is 0 Å². The summed E-state index contributed by atoms with van der Waals surface area (Å²) >= 11 is 0. The topological polar surface area (TPSA) is 48.6 Å². The van der Waals surface area contributed by atoms with E-state index in [4.69, 9.17) is 0 Å². The molecule has 1 heterocycles. The van der Waals surface area contributed by atoms with Gasteiger partial charge in [0.25, 0.3) is 5.56 Å². The van der Waals surface area contributed by atoms with Crippen LogP contribution in [0.2, 0.25) is 0 Å². The van der Waals surface area contributed by atoms with Gasteiger partial charge in [0.1, 0.15) is 0 Å². The standard InChI is InChI=1S/C13H24N2O/c1-3-5-7-9-11-12(10-8-6-4-2)14-15-13(11)16/h3-10H2,1-2H3,(H2,14,15,16). The Balaban J connectivity index is 2.52. The van der Waals surface area contributed by atoms with Gasteiger partial charge in [-0.25, -0.2) is 0 Å². The minimum Gasteiger partial charge on any atom is -0.302 e. The number of hydrogen-bond acceptors (Lipinski definition) is 1. The van der Waals surface area contributed by atoms with Crippen molar-refractivity contribution in [2.45, 2.75) is 65.2 Å². The van der Waals surface area contributed by atoms with Gasteiger partial charge in [-0.05, 0) is 25.7 Å². The van der Waals surface area contributed by atoms with Crippen molar-refractivity contribution < 1.29 is 0 Å². The molecule has 1 rings (SSSR count). The zero-order valence-corrected chi connectivity index (χ0v) is 10.6. The number of hydrogen-bond donors (Lipinski definition) is 2. The lowest BCUT2D eigenvalue weighted by Gasteiger charge is -2.01. The summed E-state index contributed by atoms with van der Waals surface area (Å²) in [5.41, 5.74) is 2.21. The van der Waals surface area contributed by atoms with Crippen LogP contribution in [0.1, 0.15) is 63.6 Å². The first-order valence-electron chi connectivity index (χ1n) is 6.58. The molecule has 2 N–H and O–H groups in total. The summed E-state index contributed by atoms with van der Waals surface area (Å²) in [7, 11) is 0. The third-order valence-corrected chi connectivity index (χ3v) is 3.03. The zero-order chi connectivity index (χ0) is 11.8. The molecule has 3 heteroatoms. The van der Waals surface area contributed by atoms with Gasteiger partial charge in [-0.15, -0.1) is 0 Å². The number of H-pyrrole nitrogens is 2. The van der Waals surface area contributed by atoms with Crippen LogP contribution in [0, 0.1) is 0 Å². The Labute approximate surface area is 97.6 Å². The quantitative estimate of drug-likeness (QED) is 0.655. The Morgan fingerprint density at radius 3 is 2.12 bits per heavy atom. The first-order chi connectivity index (χ1) is 7.79. The van der Waals surface area contributed by atoms with Gasteiger partial charge >= 0.3 is 0 Å². The lowest BCUT2D eigenvalue weighted by Crippen LogP contribution is -2.07. The Morgan fingerprint density at radius 2 is 1.50 bits per heavy atom. The second-order valence-corrected chi connectivity index (χ2v) is 4.45. The summed E-state index contributed by atoms with van der Waals surface area (Å²) in [6.45, 7) is 4.38. The van der Waals surface area contributed by atoms with Crippen molar-refractivity contribution in [1.29, 1.82) is 0 Å². The van der Waals surface area contributed by atoms with Gasteiger partial charge in [-0.3, -0.25) is 9.89 Å². The molecule has 0 spiro atoms. The highest BCUT2D eigenvalue weighted by Crippen LogP contribution is 2.10. The van der Waals surface area contributed by atoms with E-state index in [2.05, 4.69) is 24.0 Å². The highest BCUT2D eigenvalue weighted by Gasteiger charge is 2.08. The molecule has 0 aliphatic heterocycles. The molecule has 0 aliphatic carbocycles. The van der Waals surface area contributed by atoms with Crippen LogP contribution >= 0.6 is 0 Å². The molecule has 3 nitrogen and oxygen atoms in total. The van der Waals surface area contributed by atoms with Gasteiger partial charge in [-0.1, -0.05) is 39.5 Å². The Kier molecular flexibility index (Phi) is 5.98. The summed E-state index contributed by atoms with van der Waals surface area (Å²) in [4.78, 5) is 11.6. The van der Waals surface area contributed by atoms with Gasteiger partial charge in [0, 0.05) is 11.3 Å². The predicted molar refractivity (Wildman–Crippen MR) is 67.9 cm³/mol. The van der Waals surface area contributed by atoms with Crippen LogP contribution in [0.3, 0.4) is 0 Å². The summed E-state index contributed by atoms with van der Waals surface area (Å²) in [6, 6.07) is 0. The Bertz CT molecular complexity index is 338. The van der Waals surface area contributed by atoms with Crippen molar-refractivity contribution in [1.82, 2.24) is 10.2 Å². The molecule has 0 amide bonds. The molecule has 1 aromatic heterocycles. The van der Waals surface area contributed by atoms with Gasteiger partial charge in [0.15, 0.2) is 0 Å². The second-order valence-electron chi connectivity index (χ2n) is 4.45. The van der Waals surface area contributed by atoms with Gasteiger partial charge in [-0.2, -0.15) is 0 Å². The average Bonchev–Trinajstić information content (AvgIpc) is 2.62. The third-order valence-electron chi connectivity index (χ3n) is 3.03.